The zero-order valence-electron chi connectivity index (χ0n) is 17.9. The van der Waals surface area contributed by atoms with Gasteiger partial charge in [0.2, 0.25) is 0 Å². The van der Waals surface area contributed by atoms with E-state index in [0.29, 0.717) is 24.2 Å². The lowest BCUT2D eigenvalue weighted by Crippen LogP contribution is -2.58. The van der Waals surface area contributed by atoms with E-state index >= 15 is 0 Å². The summed E-state index contributed by atoms with van der Waals surface area (Å²) in [6, 6.07) is 0. The molecule has 1 N–H and O–H groups in total. The molecule has 0 heterocycles. The van der Waals surface area contributed by atoms with Crippen LogP contribution in [0.4, 0.5) is 8.78 Å². The third-order valence-electron chi connectivity index (χ3n) is 10.1. The fourth-order valence-corrected chi connectivity index (χ4v) is 7.94. The summed E-state index contributed by atoms with van der Waals surface area (Å²) in [6.07, 6.45) is 8.61. The van der Waals surface area contributed by atoms with E-state index in [0.717, 1.165) is 44.9 Å². The molecule has 0 saturated heterocycles. The number of halogens is 2. The van der Waals surface area contributed by atoms with Crippen molar-refractivity contribution in [3.63, 3.8) is 0 Å². The largest absolute Gasteiger partial charge is 0.386 e. The van der Waals surface area contributed by atoms with Gasteiger partial charge in [-0.2, -0.15) is 8.78 Å². The second kappa shape index (κ2) is 5.60. The van der Waals surface area contributed by atoms with Gasteiger partial charge in [0, 0.05) is 5.57 Å². The quantitative estimate of drug-likeness (QED) is 0.592. The highest BCUT2D eigenvalue weighted by atomic mass is 19.3. The van der Waals surface area contributed by atoms with Crippen molar-refractivity contribution < 1.29 is 18.6 Å². The summed E-state index contributed by atoms with van der Waals surface area (Å²) in [6.45, 7) is 9.06. The Morgan fingerprint density at radius 2 is 1.61 bits per heavy atom. The van der Waals surface area contributed by atoms with Crippen LogP contribution in [0.3, 0.4) is 0 Å². The Morgan fingerprint density at radius 1 is 0.929 bits per heavy atom. The van der Waals surface area contributed by atoms with Crippen molar-refractivity contribution in [2.45, 2.75) is 109 Å². The predicted molar refractivity (Wildman–Crippen MR) is 105 cm³/mol. The fraction of sp³-hybridized carbons (Fsp3) is 0.917. The first-order valence-corrected chi connectivity index (χ1v) is 11.4. The van der Waals surface area contributed by atoms with Gasteiger partial charge < -0.3 is 9.84 Å². The van der Waals surface area contributed by atoms with Crippen LogP contribution in [0, 0.1) is 28.6 Å². The summed E-state index contributed by atoms with van der Waals surface area (Å²) in [5.41, 5.74) is -0.110. The van der Waals surface area contributed by atoms with Crippen LogP contribution in [0.15, 0.2) is 11.6 Å². The molecule has 0 radical (unpaired) electrons. The molecule has 158 valence electrons. The van der Waals surface area contributed by atoms with E-state index in [1.807, 2.05) is 6.08 Å². The molecule has 0 amide bonds. The lowest BCUT2D eigenvalue weighted by atomic mass is 9.46. The molecule has 0 aromatic heterocycles. The Morgan fingerprint density at radius 3 is 2.29 bits per heavy atom. The van der Waals surface area contributed by atoms with E-state index in [9.17, 15) is 13.9 Å². The minimum atomic E-state index is -3.06. The van der Waals surface area contributed by atoms with Gasteiger partial charge in [-0.25, -0.2) is 0 Å². The minimum Gasteiger partial charge on any atom is -0.386 e. The molecule has 2 unspecified atom stereocenters. The van der Waals surface area contributed by atoms with E-state index < -0.39 is 17.4 Å². The normalized spacial score (nSPS) is 53.6. The van der Waals surface area contributed by atoms with Gasteiger partial charge in [0.05, 0.1) is 11.2 Å². The lowest BCUT2D eigenvalue weighted by molar-refractivity contribution is -0.184. The Labute approximate surface area is 168 Å². The summed E-state index contributed by atoms with van der Waals surface area (Å²) in [5.74, 6) is -1.74. The van der Waals surface area contributed by atoms with E-state index in [1.165, 1.54) is 0 Å². The molecule has 7 atom stereocenters. The molecule has 0 aromatic rings. The minimum absolute atomic E-state index is 0.0662. The second-order valence-corrected chi connectivity index (χ2v) is 11.6. The van der Waals surface area contributed by atoms with E-state index in [4.69, 9.17) is 4.74 Å². The molecular formula is C24H36F2O2. The predicted octanol–water partition coefficient (Wildman–Crippen LogP) is 5.88. The Bertz CT molecular complexity index is 713. The smallest absolute Gasteiger partial charge is 0.295 e. The van der Waals surface area contributed by atoms with Crippen LogP contribution in [0.2, 0.25) is 0 Å². The monoisotopic (exact) mass is 394 g/mol. The highest BCUT2D eigenvalue weighted by molar-refractivity contribution is 5.32. The first kappa shape index (κ1) is 19.5. The summed E-state index contributed by atoms with van der Waals surface area (Å²) in [7, 11) is 0. The molecule has 5 rings (SSSR count). The molecule has 4 fully saturated rings. The molecule has 0 bridgehead atoms. The van der Waals surface area contributed by atoms with Gasteiger partial charge >= 0.3 is 0 Å². The topological polar surface area (TPSA) is 29.5 Å². The number of aliphatic hydroxyl groups excluding tert-OH is 1. The lowest BCUT2D eigenvalue weighted by Gasteiger charge is -2.60. The molecular weight excluding hydrogens is 358 g/mol. The van der Waals surface area contributed by atoms with Crippen LogP contribution in [-0.2, 0) is 4.74 Å². The number of hydrogen-bond donors (Lipinski definition) is 1. The SMILES string of the molecule is CC1(OC2(C)CC[C@H]3[C@@H]4CC=C5C(F)(F)C(O)CC[C@]5(C)[C@@H]4CC[C@@]32C)CC1. The zero-order valence-corrected chi connectivity index (χ0v) is 17.9. The van der Waals surface area contributed by atoms with Crippen molar-refractivity contribution in [3.05, 3.63) is 11.6 Å². The number of fused-ring (bicyclic) bond motifs is 5. The maximum Gasteiger partial charge on any atom is 0.295 e. The molecule has 4 heteroatoms. The van der Waals surface area contributed by atoms with Crippen LogP contribution in [0.5, 0.6) is 0 Å². The molecule has 28 heavy (non-hydrogen) atoms. The van der Waals surface area contributed by atoms with Gasteiger partial charge in [-0.3, -0.25) is 0 Å². The van der Waals surface area contributed by atoms with Crippen LogP contribution in [0.25, 0.3) is 0 Å². The highest BCUT2D eigenvalue weighted by Crippen LogP contribution is 2.69. The first-order valence-electron chi connectivity index (χ1n) is 11.4. The third-order valence-corrected chi connectivity index (χ3v) is 10.1. The fourth-order valence-electron chi connectivity index (χ4n) is 7.94. The number of rotatable bonds is 2. The average Bonchev–Trinajstić information content (AvgIpc) is 3.27. The van der Waals surface area contributed by atoms with Crippen molar-refractivity contribution in [3.8, 4) is 0 Å². The van der Waals surface area contributed by atoms with Crippen molar-refractivity contribution in [2.75, 3.05) is 0 Å². The molecule has 0 aromatic carbocycles. The van der Waals surface area contributed by atoms with Crippen LogP contribution < -0.4 is 0 Å². The maximum atomic E-state index is 14.9. The number of hydrogen-bond acceptors (Lipinski definition) is 2. The van der Waals surface area contributed by atoms with Crippen molar-refractivity contribution in [1.29, 1.82) is 0 Å². The van der Waals surface area contributed by atoms with Gasteiger partial charge in [0.15, 0.2) is 0 Å². The number of ether oxygens (including phenoxy) is 1. The van der Waals surface area contributed by atoms with E-state index in [2.05, 4.69) is 27.7 Å². The molecule has 5 aliphatic carbocycles. The Kier molecular flexibility index (Phi) is 3.90. The maximum absolute atomic E-state index is 14.9. The van der Waals surface area contributed by atoms with Crippen molar-refractivity contribution in [2.24, 2.45) is 28.6 Å². The Balaban J connectivity index is 1.48. The number of aliphatic hydroxyl groups is 1. The standard InChI is InChI=1S/C24H36F2O2/c1-20(13-14-20)28-23(4)12-8-17-15-5-6-18-21(2,10-9-19(27)24(18,25)26)16(15)7-11-22(17,23)3/h6,15-17,19,27H,5,7-14H2,1-4H3/t15-,16-,17+,19?,21-,22+,23?/m1/s1. The van der Waals surface area contributed by atoms with Gasteiger partial charge in [0.1, 0.15) is 6.10 Å². The molecule has 5 aliphatic rings. The summed E-state index contributed by atoms with van der Waals surface area (Å²) in [5, 5.41) is 9.95. The average molecular weight is 395 g/mol. The molecule has 4 saturated carbocycles. The van der Waals surface area contributed by atoms with E-state index in [1.54, 1.807) is 0 Å². The third kappa shape index (κ3) is 2.37. The molecule has 2 nitrogen and oxygen atoms in total. The van der Waals surface area contributed by atoms with Crippen LogP contribution in [-0.4, -0.2) is 28.3 Å². The first-order chi connectivity index (χ1) is 13.0. The molecule has 0 spiro atoms. The van der Waals surface area contributed by atoms with Crippen molar-refractivity contribution >= 4 is 0 Å². The second-order valence-electron chi connectivity index (χ2n) is 11.6. The van der Waals surface area contributed by atoms with E-state index in [-0.39, 0.29) is 28.6 Å². The van der Waals surface area contributed by atoms with Gasteiger partial charge in [-0.1, -0.05) is 19.9 Å². The van der Waals surface area contributed by atoms with Crippen molar-refractivity contribution in [1.82, 2.24) is 0 Å². The number of alkyl halides is 2. The van der Waals surface area contributed by atoms with Gasteiger partial charge in [-0.05, 0) is 100 Å². The highest BCUT2D eigenvalue weighted by Gasteiger charge is 2.67. The Hall–Kier alpha value is -0.480. The number of allylic oxidation sites excluding steroid dienone is 1. The summed E-state index contributed by atoms with van der Waals surface area (Å²) >= 11 is 0. The molecule has 0 aliphatic heterocycles. The zero-order chi connectivity index (χ0) is 20.2. The van der Waals surface area contributed by atoms with Gasteiger partial charge in [-0.15, -0.1) is 0 Å². The van der Waals surface area contributed by atoms with Crippen LogP contribution >= 0.6 is 0 Å². The summed E-state index contributed by atoms with van der Waals surface area (Å²) in [4.78, 5) is 0. The van der Waals surface area contributed by atoms with Gasteiger partial charge in [0.25, 0.3) is 5.92 Å². The van der Waals surface area contributed by atoms with Crippen LogP contribution in [0.1, 0.15) is 85.5 Å². The summed E-state index contributed by atoms with van der Waals surface area (Å²) < 4.78 is 36.5.